The number of carbonyl (C=O) groups excluding carboxylic acids is 3. The summed E-state index contributed by atoms with van der Waals surface area (Å²) < 4.78 is 13.0. The van der Waals surface area contributed by atoms with Crippen molar-refractivity contribution in [3.63, 3.8) is 0 Å². The number of benzene rings is 7. The number of aromatic nitrogens is 15. The molecule has 0 atom stereocenters. The third-order valence-corrected chi connectivity index (χ3v) is 25.8. The van der Waals surface area contributed by atoms with Crippen LogP contribution in [0, 0.1) is 0 Å². The normalized spacial score (nSPS) is 19.7. The van der Waals surface area contributed by atoms with Gasteiger partial charge in [0.25, 0.3) is 0 Å². The van der Waals surface area contributed by atoms with Crippen molar-refractivity contribution >= 4 is 86.3 Å². The Hall–Kier alpha value is -13.5. The largest absolute Gasteiger partial charge is 0.382 e. The Labute approximate surface area is 693 Å². The monoisotopic (exact) mass is 1590 g/mol. The first kappa shape index (κ1) is 75.3. The van der Waals surface area contributed by atoms with Gasteiger partial charge in [-0.15, -0.1) is 0 Å². The van der Waals surface area contributed by atoms with Gasteiger partial charge in [-0.2, -0.15) is 0 Å². The Morgan fingerprint density at radius 1 is 0.358 bits per heavy atom. The fraction of sp³-hybridized carbons (Fsp3) is 0.290. The zero-order valence-electron chi connectivity index (χ0n) is 67.2. The predicted molar refractivity (Wildman–Crippen MR) is 468 cm³/mol. The van der Waals surface area contributed by atoms with Crippen molar-refractivity contribution in [3.8, 4) is 73.6 Å². The van der Waals surface area contributed by atoms with Crippen LogP contribution in [0.3, 0.4) is 0 Å². The molecule has 6 N–H and O–H groups in total. The van der Waals surface area contributed by atoms with Gasteiger partial charge in [0, 0.05) is 204 Å². The van der Waals surface area contributed by atoms with E-state index in [1.165, 1.54) is 0 Å². The fourth-order valence-electron chi connectivity index (χ4n) is 19.1. The number of carbonyl (C=O) groups is 3. The Bertz CT molecular complexity index is 6470. The molecule has 3 saturated carbocycles. The van der Waals surface area contributed by atoms with Gasteiger partial charge in [0.05, 0.1) is 33.1 Å². The molecule has 16 aromatic rings. The average Bonchev–Trinajstić information content (AvgIpc) is 1.71. The molecular weight excluding hydrogens is 1500 g/mol. The van der Waals surface area contributed by atoms with Crippen LogP contribution in [0.5, 0.6) is 0 Å². The molecule has 12 heterocycles. The molecular formula is C93H94N24O3. The van der Waals surface area contributed by atoms with Crippen molar-refractivity contribution < 1.29 is 14.4 Å². The lowest BCUT2D eigenvalue weighted by Gasteiger charge is -2.45. The standard InChI is InChI=1S/C34H32N8O.C30H32N8O.C29H30N8O/c35-32-31-30(38-33(41(31)14-13-36-32)25-19-27(20-25)40-17-15-39(22-43)16-18-40)24-11-12-29-28(21-24)37-34(23-7-3-1-4-8-23)42(29)26-9-5-2-6-10-26;1-2-37-25-9-8-21(18-24(25)33-29(37)20-6-4-3-5-7-20)26-27-28(31)32-10-11-38(27)30(34-26)22-16-23(17-22)36-14-12-35(19-39)13-15-36;1-34-24-8-7-20(17-23(24)32-28(34)19-5-3-2-4-6-19)25-26-27(30)31-9-10-37(26)29(33-25)21-15-22(16-21)36-13-11-35(18-38)12-14-36/h1-14,21-22,25,27H,15-20H2,(H2,35,36);3-11,18-19,22-23H,2,12-17H2,1H3,(H2,31,32);2-10,17-18,21-22H,11-16H2,1H3,(H2,30,31). The van der Waals surface area contributed by atoms with Gasteiger partial charge in [-0.05, 0) is 94.0 Å². The van der Waals surface area contributed by atoms with Gasteiger partial charge in [0.15, 0.2) is 0 Å². The van der Waals surface area contributed by atoms with Crippen LogP contribution in [0.25, 0.3) is 123 Å². The van der Waals surface area contributed by atoms with E-state index in [9.17, 15) is 14.4 Å². The minimum atomic E-state index is 0.336. The zero-order valence-corrected chi connectivity index (χ0v) is 67.2. The number of hydrogen-bond donors (Lipinski definition) is 3. The van der Waals surface area contributed by atoms with Gasteiger partial charge in [0.1, 0.15) is 86.0 Å². The summed E-state index contributed by atoms with van der Waals surface area (Å²) in [5, 5.41) is 0. The fourth-order valence-corrected chi connectivity index (χ4v) is 19.1. The highest BCUT2D eigenvalue weighted by molar-refractivity contribution is 5.95. The lowest BCUT2D eigenvalue weighted by atomic mass is 9.78. The van der Waals surface area contributed by atoms with E-state index in [1.54, 1.807) is 18.6 Å². The number of rotatable bonds is 17. The van der Waals surface area contributed by atoms with Gasteiger partial charge in [0.2, 0.25) is 19.2 Å². The second-order valence-corrected chi connectivity index (χ2v) is 32.5. The van der Waals surface area contributed by atoms with Crippen molar-refractivity contribution in [2.24, 2.45) is 7.05 Å². The molecule has 6 fully saturated rings. The molecule has 3 saturated heterocycles. The quantitative estimate of drug-likeness (QED) is 0.0714. The number of imidazole rings is 6. The van der Waals surface area contributed by atoms with E-state index in [4.69, 9.17) is 47.1 Å². The second-order valence-electron chi connectivity index (χ2n) is 32.5. The van der Waals surface area contributed by atoms with Crippen LogP contribution in [-0.2, 0) is 28.0 Å². The smallest absolute Gasteiger partial charge is 0.209 e. The number of nitrogens with zero attached hydrogens (tertiary/aromatic N) is 21. The molecule has 0 radical (unpaired) electrons. The molecule has 6 aliphatic rings. The van der Waals surface area contributed by atoms with Crippen LogP contribution in [0.1, 0.15) is 80.7 Å². The first-order chi connectivity index (χ1) is 58.9. The summed E-state index contributed by atoms with van der Waals surface area (Å²) in [6.45, 7) is 13.5. The number of hydrogen-bond acceptors (Lipinski definition) is 18. The summed E-state index contributed by atoms with van der Waals surface area (Å²) in [6, 6.07) is 61.9. The van der Waals surface area contributed by atoms with Crippen molar-refractivity contribution in [2.45, 2.75) is 87.9 Å². The van der Waals surface area contributed by atoms with Crippen molar-refractivity contribution in [2.75, 3.05) is 95.7 Å². The highest BCUT2D eigenvalue weighted by Crippen LogP contribution is 2.47. The first-order valence-corrected chi connectivity index (χ1v) is 41.8. The average molecular weight is 1600 g/mol. The highest BCUT2D eigenvalue weighted by Gasteiger charge is 2.42. The number of nitrogens with two attached hydrogens (primary N) is 3. The summed E-state index contributed by atoms with van der Waals surface area (Å²) in [4.78, 5) is 90.4. The number of fused-ring (bicyclic) bond motifs is 6. The van der Waals surface area contributed by atoms with Crippen LogP contribution < -0.4 is 17.2 Å². The van der Waals surface area contributed by atoms with E-state index >= 15 is 0 Å². The third kappa shape index (κ3) is 13.7. The van der Waals surface area contributed by atoms with E-state index in [0.29, 0.717) is 53.3 Å². The second kappa shape index (κ2) is 31.7. The molecule has 3 aliphatic carbocycles. The Balaban J connectivity index is 0.000000115. The summed E-state index contributed by atoms with van der Waals surface area (Å²) >= 11 is 0. The number of anilines is 3. The minimum Gasteiger partial charge on any atom is -0.382 e. The van der Waals surface area contributed by atoms with E-state index in [0.717, 1.165) is 284 Å². The minimum absolute atomic E-state index is 0.336. The van der Waals surface area contributed by atoms with Crippen molar-refractivity contribution in [3.05, 3.63) is 231 Å². The van der Waals surface area contributed by atoms with Gasteiger partial charge < -0.3 is 41.0 Å². The maximum absolute atomic E-state index is 11.1. The molecule has 27 heteroatoms. The van der Waals surface area contributed by atoms with Gasteiger partial charge in [-0.1, -0.05) is 127 Å². The summed E-state index contributed by atoms with van der Waals surface area (Å²) in [5.41, 5.74) is 37.7. The molecule has 9 aromatic heterocycles. The predicted octanol–water partition coefficient (Wildman–Crippen LogP) is 12.6. The topological polar surface area (TPSA) is 293 Å². The molecule has 22 rings (SSSR count). The molecule has 0 bridgehead atoms. The Morgan fingerprint density at radius 2 is 0.683 bits per heavy atom. The van der Waals surface area contributed by atoms with E-state index < -0.39 is 0 Å². The van der Waals surface area contributed by atoms with Crippen LogP contribution in [0.4, 0.5) is 17.5 Å². The van der Waals surface area contributed by atoms with Crippen LogP contribution in [0.2, 0.25) is 0 Å². The number of nitrogen functional groups attached to an aromatic ring is 3. The van der Waals surface area contributed by atoms with E-state index in [1.807, 2.05) is 94.0 Å². The molecule has 0 spiro atoms. The number of para-hydroxylation sites is 1. The van der Waals surface area contributed by atoms with Gasteiger partial charge in [-0.25, -0.2) is 44.9 Å². The third-order valence-electron chi connectivity index (χ3n) is 25.8. The zero-order chi connectivity index (χ0) is 81.2. The first-order valence-electron chi connectivity index (χ1n) is 41.8. The van der Waals surface area contributed by atoms with Crippen LogP contribution >= 0.6 is 0 Å². The number of aryl methyl sites for hydroxylation is 2. The van der Waals surface area contributed by atoms with Crippen molar-refractivity contribution in [1.29, 1.82) is 0 Å². The number of piperazine rings is 3. The van der Waals surface area contributed by atoms with Crippen LogP contribution in [-0.4, -0.2) is 217 Å². The molecule has 0 unspecified atom stereocenters. The Morgan fingerprint density at radius 3 is 1.07 bits per heavy atom. The molecule has 27 nitrogen and oxygen atoms in total. The van der Waals surface area contributed by atoms with Gasteiger partial charge >= 0.3 is 0 Å². The van der Waals surface area contributed by atoms with E-state index in [2.05, 4.69) is 186 Å². The van der Waals surface area contributed by atoms with E-state index in [-0.39, 0.29) is 0 Å². The maximum atomic E-state index is 11.1. The molecule has 7 aromatic carbocycles. The highest BCUT2D eigenvalue weighted by atomic mass is 16.1. The Kier molecular flexibility index (Phi) is 19.9. The van der Waals surface area contributed by atoms with Gasteiger partial charge in [-0.3, -0.25) is 46.9 Å². The SMILES string of the molecule is CCn1c(-c2ccccc2)nc2cc(-c3nc(C4CC(N5CCN(C=O)CC5)C4)n4ccnc(N)c34)ccc21.Cn1c(-c2ccccc2)nc2cc(-c3nc(C4CC(N5CCN(C=O)CC5)C4)n4ccnc(N)c34)ccc21.Nc1nccn2c(C3CC(N4CCN(C=O)CC4)C3)nc(-c3ccc4c(c3)nc(-c3ccccc3)n4-c3ccccc3)c12. The molecule has 120 heavy (non-hydrogen) atoms. The summed E-state index contributed by atoms with van der Waals surface area (Å²) in [7, 11) is 2.05. The van der Waals surface area contributed by atoms with Crippen molar-refractivity contribution in [1.82, 2.24) is 101 Å². The molecule has 604 valence electrons. The van der Waals surface area contributed by atoms with Crippen LogP contribution in [0.15, 0.2) is 213 Å². The lowest BCUT2D eigenvalue weighted by molar-refractivity contribution is -0.121. The molecule has 3 amide bonds. The summed E-state index contributed by atoms with van der Waals surface area (Å²) in [6.07, 6.45) is 20.4. The maximum Gasteiger partial charge on any atom is 0.209 e. The molecule has 3 aliphatic heterocycles. The number of amides is 3. The summed E-state index contributed by atoms with van der Waals surface area (Å²) in [5.74, 6) is 8.39. The lowest BCUT2D eigenvalue weighted by Crippen LogP contribution is -2.53.